The van der Waals surface area contributed by atoms with Gasteiger partial charge in [-0.1, -0.05) is 31.9 Å². The average Bonchev–Trinajstić information content (AvgIpc) is 2.86. The Balaban J connectivity index is 2.17. The van der Waals surface area contributed by atoms with Crippen molar-refractivity contribution in [1.29, 1.82) is 0 Å². The molecule has 3 atom stereocenters. The summed E-state index contributed by atoms with van der Waals surface area (Å²) in [5, 5.41) is 5.05. The predicted molar refractivity (Wildman–Crippen MR) is 71.0 cm³/mol. The van der Waals surface area contributed by atoms with Gasteiger partial charge in [-0.15, -0.1) is 0 Å². The van der Waals surface area contributed by atoms with Gasteiger partial charge in [0.05, 0.1) is 23.0 Å². The summed E-state index contributed by atoms with van der Waals surface area (Å²) in [5.74, 6) is 1.36. The van der Waals surface area contributed by atoms with Crippen LogP contribution in [0.2, 0.25) is 5.02 Å². The Labute approximate surface area is 108 Å². The second-order valence-corrected chi connectivity index (χ2v) is 5.71. The third-order valence-corrected chi connectivity index (χ3v) is 4.12. The van der Waals surface area contributed by atoms with E-state index in [9.17, 15) is 0 Å². The second-order valence-electron chi connectivity index (χ2n) is 5.30. The molecule has 1 heterocycles. The van der Waals surface area contributed by atoms with Gasteiger partial charge >= 0.3 is 0 Å². The van der Waals surface area contributed by atoms with E-state index in [-0.39, 0.29) is 6.04 Å². The van der Waals surface area contributed by atoms with Crippen LogP contribution in [0.5, 0.6) is 0 Å². The van der Waals surface area contributed by atoms with Gasteiger partial charge in [-0.05, 0) is 31.1 Å². The molecule has 2 rings (SSSR count). The highest BCUT2D eigenvalue weighted by Crippen LogP contribution is 2.39. The lowest BCUT2D eigenvalue weighted by atomic mass is 9.95. The van der Waals surface area contributed by atoms with Crippen LogP contribution in [0.15, 0.2) is 6.20 Å². The lowest BCUT2D eigenvalue weighted by Gasteiger charge is -2.21. The summed E-state index contributed by atoms with van der Waals surface area (Å²) in [7, 11) is 0. The van der Waals surface area contributed by atoms with E-state index in [2.05, 4.69) is 18.9 Å². The molecule has 0 aromatic carbocycles. The molecular formula is C13H22ClN3. The van der Waals surface area contributed by atoms with Gasteiger partial charge in [-0.2, -0.15) is 5.10 Å². The maximum atomic E-state index is 6.39. The summed E-state index contributed by atoms with van der Waals surface area (Å²) in [6.07, 6.45) is 6.51. The van der Waals surface area contributed by atoms with Crippen molar-refractivity contribution in [3.05, 3.63) is 16.9 Å². The molecule has 1 aliphatic carbocycles. The van der Waals surface area contributed by atoms with Crippen LogP contribution in [0.4, 0.5) is 0 Å². The molecule has 0 bridgehead atoms. The van der Waals surface area contributed by atoms with Gasteiger partial charge in [0.15, 0.2) is 0 Å². The summed E-state index contributed by atoms with van der Waals surface area (Å²) >= 11 is 6.23. The molecule has 3 unspecified atom stereocenters. The second kappa shape index (κ2) is 5.40. The van der Waals surface area contributed by atoms with Crippen molar-refractivity contribution < 1.29 is 0 Å². The monoisotopic (exact) mass is 255 g/mol. The van der Waals surface area contributed by atoms with Crippen LogP contribution >= 0.6 is 11.6 Å². The van der Waals surface area contributed by atoms with E-state index < -0.39 is 0 Å². The Kier molecular flexibility index (Phi) is 4.10. The molecule has 0 aliphatic heterocycles. The maximum Gasteiger partial charge on any atom is 0.0834 e. The lowest BCUT2D eigenvalue weighted by molar-refractivity contribution is 0.400. The van der Waals surface area contributed by atoms with Crippen LogP contribution in [0.25, 0.3) is 0 Å². The Morgan fingerprint density at radius 3 is 2.94 bits per heavy atom. The first-order valence-corrected chi connectivity index (χ1v) is 6.98. The minimum atomic E-state index is 0.0431. The van der Waals surface area contributed by atoms with Gasteiger partial charge in [-0.25, -0.2) is 0 Å². The standard InChI is InChI=1S/C13H22ClN3/c1-3-6-17-13(11(14)8-16-17)12(15)10-5-4-9(2)7-10/h8-10,12H,3-7,15H2,1-2H3. The zero-order chi connectivity index (χ0) is 12.4. The number of hydrogen-bond acceptors (Lipinski definition) is 2. The summed E-state index contributed by atoms with van der Waals surface area (Å²) in [4.78, 5) is 0. The van der Waals surface area contributed by atoms with E-state index in [4.69, 9.17) is 17.3 Å². The number of hydrogen-bond donors (Lipinski definition) is 1. The van der Waals surface area contributed by atoms with Gasteiger partial charge in [0.25, 0.3) is 0 Å². The van der Waals surface area contributed by atoms with Gasteiger partial charge in [0.1, 0.15) is 0 Å². The molecule has 1 aliphatic rings. The van der Waals surface area contributed by atoms with Crippen LogP contribution in [0.3, 0.4) is 0 Å². The van der Waals surface area contributed by atoms with Gasteiger partial charge in [-0.3, -0.25) is 4.68 Å². The number of nitrogens with two attached hydrogens (primary N) is 1. The summed E-state index contributed by atoms with van der Waals surface area (Å²) in [6.45, 7) is 5.35. The van der Waals surface area contributed by atoms with E-state index in [0.29, 0.717) is 5.92 Å². The van der Waals surface area contributed by atoms with Gasteiger partial charge in [0.2, 0.25) is 0 Å². The Bertz CT molecular complexity index is 375. The molecule has 1 aromatic heterocycles. The molecule has 1 aromatic rings. The van der Waals surface area contributed by atoms with Crippen LogP contribution in [-0.4, -0.2) is 9.78 Å². The van der Waals surface area contributed by atoms with Crippen molar-refractivity contribution in [2.45, 2.75) is 52.1 Å². The van der Waals surface area contributed by atoms with E-state index in [1.165, 1.54) is 19.3 Å². The highest BCUT2D eigenvalue weighted by molar-refractivity contribution is 6.31. The highest BCUT2D eigenvalue weighted by Gasteiger charge is 2.30. The summed E-state index contributed by atoms with van der Waals surface area (Å²) < 4.78 is 1.98. The molecule has 0 spiro atoms. The molecule has 3 nitrogen and oxygen atoms in total. The Morgan fingerprint density at radius 1 is 1.59 bits per heavy atom. The number of halogens is 1. The quantitative estimate of drug-likeness (QED) is 0.896. The molecule has 2 N–H and O–H groups in total. The molecule has 0 amide bonds. The first-order chi connectivity index (χ1) is 8.13. The van der Waals surface area contributed by atoms with Crippen LogP contribution < -0.4 is 5.73 Å². The van der Waals surface area contributed by atoms with Crippen molar-refractivity contribution in [3.8, 4) is 0 Å². The van der Waals surface area contributed by atoms with Crippen molar-refractivity contribution in [2.24, 2.45) is 17.6 Å². The summed E-state index contributed by atoms with van der Waals surface area (Å²) in [6, 6.07) is 0.0431. The topological polar surface area (TPSA) is 43.8 Å². The maximum absolute atomic E-state index is 6.39. The van der Waals surface area contributed by atoms with E-state index in [1.54, 1.807) is 6.20 Å². The SMILES string of the molecule is CCCn1ncc(Cl)c1C(N)C1CCC(C)C1. The largest absolute Gasteiger partial charge is 0.322 e. The Hall–Kier alpha value is -0.540. The lowest BCUT2D eigenvalue weighted by Crippen LogP contribution is -2.23. The fourth-order valence-corrected chi connectivity index (χ4v) is 3.16. The Morgan fingerprint density at radius 2 is 2.35 bits per heavy atom. The number of aromatic nitrogens is 2. The number of nitrogens with zero attached hydrogens (tertiary/aromatic N) is 2. The average molecular weight is 256 g/mol. The first kappa shape index (κ1) is 12.9. The molecular weight excluding hydrogens is 234 g/mol. The highest BCUT2D eigenvalue weighted by atomic mass is 35.5. The third kappa shape index (κ3) is 2.66. The normalized spacial score (nSPS) is 26.4. The minimum Gasteiger partial charge on any atom is -0.322 e. The molecule has 96 valence electrons. The van der Waals surface area contributed by atoms with Crippen LogP contribution in [-0.2, 0) is 6.54 Å². The minimum absolute atomic E-state index is 0.0431. The predicted octanol–water partition coefficient (Wildman–Crippen LogP) is 3.38. The van der Waals surface area contributed by atoms with E-state index in [0.717, 1.165) is 29.6 Å². The molecule has 0 radical (unpaired) electrons. The fraction of sp³-hybridized carbons (Fsp3) is 0.769. The smallest absolute Gasteiger partial charge is 0.0834 e. The molecule has 0 saturated heterocycles. The van der Waals surface area contributed by atoms with Crippen molar-refractivity contribution in [2.75, 3.05) is 0 Å². The van der Waals surface area contributed by atoms with E-state index >= 15 is 0 Å². The zero-order valence-electron chi connectivity index (χ0n) is 10.7. The molecule has 1 saturated carbocycles. The third-order valence-electron chi connectivity index (χ3n) is 3.83. The van der Waals surface area contributed by atoms with E-state index in [1.807, 2.05) is 4.68 Å². The molecule has 1 fully saturated rings. The van der Waals surface area contributed by atoms with Crippen molar-refractivity contribution in [3.63, 3.8) is 0 Å². The van der Waals surface area contributed by atoms with Gasteiger partial charge < -0.3 is 5.73 Å². The number of aryl methyl sites for hydroxylation is 1. The number of rotatable bonds is 4. The van der Waals surface area contributed by atoms with Crippen molar-refractivity contribution in [1.82, 2.24) is 9.78 Å². The van der Waals surface area contributed by atoms with Crippen molar-refractivity contribution >= 4 is 11.6 Å². The first-order valence-electron chi connectivity index (χ1n) is 6.60. The molecule has 17 heavy (non-hydrogen) atoms. The van der Waals surface area contributed by atoms with Gasteiger partial charge in [0, 0.05) is 6.54 Å². The van der Waals surface area contributed by atoms with Crippen LogP contribution in [0, 0.1) is 11.8 Å². The zero-order valence-corrected chi connectivity index (χ0v) is 11.5. The summed E-state index contributed by atoms with van der Waals surface area (Å²) in [5.41, 5.74) is 7.43. The molecule has 4 heteroatoms. The van der Waals surface area contributed by atoms with Crippen LogP contribution in [0.1, 0.15) is 51.3 Å². The fourth-order valence-electron chi connectivity index (χ4n) is 2.89.